The Labute approximate surface area is 169 Å². The highest BCUT2D eigenvalue weighted by molar-refractivity contribution is 5.85. The standard InChI is InChI=1S/C20H33N3O3.ClH/c1-3-5-19(21)20(24)22-15-16-6-4-7-18(14-16)26-13-10-23(2)17-8-11-25-12-9-17;/h4,6-7,14,17,19H,3,5,8-13,15,21H2,1-2H3,(H,22,24);1H. The van der Waals surface area contributed by atoms with E-state index in [2.05, 4.69) is 17.3 Å². The third kappa shape index (κ3) is 8.47. The van der Waals surface area contributed by atoms with Gasteiger partial charge >= 0.3 is 0 Å². The van der Waals surface area contributed by atoms with Gasteiger partial charge in [0.2, 0.25) is 5.91 Å². The highest BCUT2D eigenvalue weighted by Crippen LogP contribution is 2.15. The maximum atomic E-state index is 11.9. The lowest BCUT2D eigenvalue weighted by Gasteiger charge is -2.31. The summed E-state index contributed by atoms with van der Waals surface area (Å²) in [5.74, 6) is 0.728. The average molecular weight is 400 g/mol. The number of carbonyl (C=O) groups excluding carboxylic acids is 1. The van der Waals surface area contributed by atoms with E-state index in [0.717, 1.165) is 50.3 Å². The number of hydrogen-bond donors (Lipinski definition) is 2. The van der Waals surface area contributed by atoms with Gasteiger partial charge in [-0.25, -0.2) is 0 Å². The summed E-state index contributed by atoms with van der Waals surface area (Å²) < 4.78 is 11.3. The molecule has 0 radical (unpaired) electrons. The van der Waals surface area contributed by atoms with E-state index in [1.54, 1.807) is 0 Å². The summed E-state index contributed by atoms with van der Waals surface area (Å²) in [5.41, 5.74) is 6.84. The zero-order valence-corrected chi connectivity index (χ0v) is 17.3. The Hall–Kier alpha value is -1.34. The van der Waals surface area contributed by atoms with Crippen molar-refractivity contribution < 1.29 is 14.3 Å². The number of ether oxygens (including phenoxy) is 2. The molecule has 6 nitrogen and oxygen atoms in total. The second kappa shape index (κ2) is 12.9. The second-order valence-corrected chi connectivity index (χ2v) is 6.93. The molecule has 3 N–H and O–H groups in total. The van der Waals surface area contributed by atoms with Crippen molar-refractivity contribution in [1.82, 2.24) is 10.2 Å². The van der Waals surface area contributed by atoms with Gasteiger partial charge in [-0.1, -0.05) is 25.5 Å². The van der Waals surface area contributed by atoms with Crippen LogP contribution in [-0.2, 0) is 16.1 Å². The minimum Gasteiger partial charge on any atom is -0.492 e. The molecule has 0 bridgehead atoms. The first-order valence-electron chi connectivity index (χ1n) is 9.63. The number of rotatable bonds is 10. The Bertz CT molecular complexity index is 553. The van der Waals surface area contributed by atoms with Gasteiger partial charge in [-0.15, -0.1) is 12.4 Å². The molecule has 0 aliphatic carbocycles. The lowest BCUT2D eigenvalue weighted by molar-refractivity contribution is -0.122. The Balaban J connectivity index is 0.00000364. The average Bonchev–Trinajstić information content (AvgIpc) is 2.67. The van der Waals surface area contributed by atoms with Gasteiger partial charge in [0.1, 0.15) is 12.4 Å². The molecule has 2 rings (SSSR count). The van der Waals surface area contributed by atoms with E-state index in [0.29, 0.717) is 25.6 Å². The van der Waals surface area contributed by atoms with Crippen LogP contribution < -0.4 is 15.8 Å². The first-order valence-corrected chi connectivity index (χ1v) is 9.63. The molecule has 1 aromatic rings. The SMILES string of the molecule is CCCC(N)C(=O)NCc1cccc(OCCN(C)C2CCOCC2)c1.Cl. The van der Waals surface area contributed by atoms with E-state index in [1.165, 1.54) is 0 Å². The highest BCUT2D eigenvalue weighted by atomic mass is 35.5. The number of hydrogen-bond acceptors (Lipinski definition) is 5. The van der Waals surface area contributed by atoms with Crippen LogP contribution in [0.5, 0.6) is 5.75 Å². The Kier molecular flexibility index (Phi) is 11.4. The predicted molar refractivity (Wildman–Crippen MR) is 110 cm³/mol. The minimum absolute atomic E-state index is 0. The number of likely N-dealkylation sites (N-methyl/N-ethyl adjacent to an activating group) is 1. The maximum Gasteiger partial charge on any atom is 0.237 e. The fourth-order valence-corrected chi connectivity index (χ4v) is 3.12. The van der Waals surface area contributed by atoms with Gasteiger partial charge in [0.15, 0.2) is 0 Å². The molecule has 1 aliphatic heterocycles. The molecule has 1 atom stereocenters. The van der Waals surface area contributed by atoms with Gasteiger partial charge in [-0.05, 0) is 44.0 Å². The summed E-state index contributed by atoms with van der Waals surface area (Å²) in [7, 11) is 2.14. The molecular formula is C20H34ClN3O3. The van der Waals surface area contributed by atoms with Crippen LogP contribution in [-0.4, -0.2) is 56.3 Å². The third-order valence-corrected chi connectivity index (χ3v) is 4.83. The topological polar surface area (TPSA) is 76.8 Å². The highest BCUT2D eigenvalue weighted by Gasteiger charge is 2.18. The summed E-state index contributed by atoms with van der Waals surface area (Å²) >= 11 is 0. The molecule has 1 aromatic carbocycles. The first kappa shape index (κ1) is 23.7. The zero-order chi connectivity index (χ0) is 18.8. The number of amides is 1. The number of carbonyl (C=O) groups is 1. The van der Waals surface area contributed by atoms with E-state index >= 15 is 0 Å². The molecule has 0 aromatic heterocycles. The zero-order valence-electron chi connectivity index (χ0n) is 16.5. The van der Waals surface area contributed by atoms with E-state index in [4.69, 9.17) is 15.2 Å². The normalized spacial score (nSPS) is 15.9. The van der Waals surface area contributed by atoms with E-state index in [-0.39, 0.29) is 18.3 Å². The van der Waals surface area contributed by atoms with Crippen LogP contribution in [0.2, 0.25) is 0 Å². The summed E-state index contributed by atoms with van der Waals surface area (Å²) in [4.78, 5) is 14.3. The van der Waals surface area contributed by atoms with Crippen molar-refractivity contribution in [2.75, 3.05) is 33.4 Å². The van der Waals surface area contributed by atoms with Crippen molar-refractivity contribution in [3.8, 4) is 5.75 Å². The second-order valence-electron chi connectivity index (χ2n) is 6.93. The maximum absolute atomic E-state index is 11.9. The number of halogens is 1. The van der Waals surface area contributed by atoms with Gasteiger partial charge in [-0.2, -0.15) is 0 Å². The molecule has 1 fully saturated rings. The Morgan fingerprint density at radius 2 is 2.15 bits per heavy atom. The van der Waals surface area contributed by atoms with Gasteiger partial charge in [0.25, 0.3) is 0 Å². The van der Waals surface area contributed by atoms with Crippen molar-refractivity contribution in [2.24, 2.45) is 5.73 Å². The van der Waals surface area contributed by atoms with Crippen molar-refractivity contribution in [3.63, 3.8) is 0 Å². The summed E-state index contributed by atoms with van der Waals surface area (Å²) in [6, 6.07) is 8.00. The molecule has 1 amide bonds. The number of benzene rings is 1. The van der Waals surface area contributed by atoms with Gasteiger partial charge < -0.3 is 20.5 Å². The van der Waals surface area contributed by atoms with Crippen LogP contribution >= 0.6 is 12.4 Å². The quantitative estimate of drug-likeness (QED) is 0.631. The van der Waals surface area contributed by atoms with Gasteiger partial charge in [-0.3, -0.25) is 9.69 Å². The molecule has 1 heterocycles. The van der Waals surface area contributed by atoms with E-state index in [9.17, 15) is 4.79 Å². The fraction of sp³-hybridized carbons (Fsp3) is 0.650. The van der Waals surface area contributed by atoms with Crippen LogP contribution in [0.3, 0.4) is 0 Å². The van der Waals surface area contributed by atoms with Crippen molar-refractivity contribution in [1.29, 1.82) is 0 Å². The van der Waals surface area contributed by atoms with E-state index in [1.807, 2.05) is 31.2 Å². The van der Waals surface area contributed by atoms with Crippen LogP contribution in [0.25, 0.3) is 0 Å². The summed E-state index contributed by atoms with van der Waals surface area (Å²) in [6.07, 6.45) is 3.79. The van der Waals surface area contributed by atoms with Crippen LogP contribution in [0.1, 0.15) is 38.2 Å². The molecule has 27 heavy (non-hydrogen) atoms. The predicted octanol–water partition coefficient (Wildman–Crippen LogP) is 2.34. The largest absolute Gasteiger partial charge is 0.492 e. The Morgan fingerprint density at radius 3 is 2.85 bits per heavy atom. The summed E-state index contributed by atoms with van der Waals surface area (Å²) in [5, 5.41) is 2.89. The molecule has 1 unspecified atom stereocenters. The van der Waals surface area contributed by atoms with Crippen LogP contribution in [0.15, 0.2) is 24.3 Å². The van der Waals surface area contributed by atoms with Gasteiger partial charge in [0, 0.05) is 32.3 Å². The molecule has 154 valence electrons. The molecular weight excluding hydrogens is 366 g/mol. The molecule has 0 spiro atoms. The molecule has 7 heteroatoms. The third-order valence-electron chi connectivity index (χ3n) is 4.83. The van der Waals surface area contributed by atoms with Crippen LogP contribution in [0.4, 0.5) is 0 Å². The van der Waals surface area contributed by atoms with Crippen molar-refractivity contribution >= 4 is 18.3 Å². The van der Waals surface area contributed by atoms with E-state index < -0.39 is 6.04 Å². The van der Waals surface area contributed by atoms with Crippen molar-refractivity contribution in [2.45, 2.75) is 51.2 Å². The lowest BCUT2D eigenvalue weighted by Crippen LogP contribution is -2.40. The lowest BCUT2D eigenvalue weighted by atomic mass is 10.1. The number of nitrogens with one attached hydrogen (secondary N) is 1. The monoisotopic (exact) mass is 399 g/mol. The fourth-order valence-electron chi connectivity index (χ4n) is 3.12. The van der Waals surface area contributed by atoms with Crippen LogP contribution in [0, 0.1) is 0 Å². The molecule has 0 saturated carbocycles. The molecule has 1 saturated heterocycles. The minimum atomic E-state index is -0.430. The summed E-state index contributed by atoms with van der Waals surface area (Å²) in [6.45, 7) is 5.72. The number of nitrogens with two attached hydrogens (primary N) is 1. The first-order chi connectivity index (χ1) is 12.6. The van der Waals surface area contributed by atoms with Gasteiger partial charge in [0.05, 0.1) is 6.04 Å². The molecule has 1 aliphatic rings. The van der Waals surface area contributed by atoms with Crippen molar-refractivity contribution in [3.05, 3.63) is 29.8 Å². The number of nitrogens with zero attached hydrogens (tertiary/aromatic N) is 1. The Morgan fingerprint density at radius 1 is 1.41 bits per heavy atom. The smallest absolute Gasteiger partial charge is 0.237 e.